The van der Waals surface area contributed by atoms with Gasteiger partial charge >= 0.3 is 0 Å². The zero-order valence-corrected chi connectivity index (χ0v) is 18.7. The number of hydrogen-bond donors (Lipinski definition) is 0. The summed E-state index contributed by atoms with van der Waals surface area (Å²) in [6.45, 7) is 15.3. The van der Waals surface area contributed by atoms with Crippen molar-refractivity contribution < 1.29 is 4.79 Å². The van der Waals surface area contributed by atoms with Crippen molar-refractivity contribution in [2.45, 2.75) is 53.5 Å². The van der Waals surface area contributed by atoms with Gasteiger partial charge in [-0.2, -0.15) is 0 Å². The summed E-state index contributed by atoms with van der Waals surface area (Å²) in [5.41, 5.74) is 4.90. The molecule has 4 nitrogen and oxygen atoms in total. The Hall–Kier alpha value is -2.01. The molecule has 0 spiro atoms. The summed E-state index contributed by atoms with van der Waals surface area (Å²) >= 11 is 1.48. The van der Waals surface area contributed by atoms with E-state index < -0.39 is 0 Å². The highest BCUT2D eigenvalue weighted by molar-refractivity contribution is 8.18. The van der Waals surface area contributed by atoms with Gasteiger partial charge < -0.3 is 4.90 Å². The highest BCUT2D eigenvalue weighted by Crippen LogP contribution is 2.40. The largest absolute Gasteiger partial charge is 0.362 e. The molecule has 0 N–H and O–H groups in total. The van der Waals surface area contributed by atoms with Crippen LogP contribution >= 0.6 is 11.8 Å². The molecule has 0 saturated carbocycles. The zero-order chi connectivity index (χ0) is 20.5. The van der Waals surface area contributed by atoms with Gasteiger partial charge in [0.05, 0.1) is 10.4 Å². The van der Waals surface area contributed by atoms with Gasteiger partial charge in [0.1, 0.15) is 0 Å². The molecule has 1 amide bonds. The van der Waals surface area contributed by atoms with E-state index in [-0.39, 0.29) is 11.4 Å². The molecule has 2 aliphatic heterocycles. The van der Waals surface area contributed by atoms with Crippen LogP contribution in [0.15, 0.2) is 34.2 Å². The third-order valence-electron chi connectivity index (χ3n) is 5.24. The van der Waals surface area contributed by atoms with Crippen LogP contribution in [0.3, 0.4) is 0 Å². The Morgan fingerprint density at radius 3 is 2.61 bits per heavy atom. The highest BCUT2D eigenvalue weighted by Gasteiger charge is 2.33. The third-order valence-corrected chi connectivity index (χ3v) is 6.29. The second kappa shape index (κ2) is 8.16. The standard InChI is InChI=1S/C23H31N3OS/c1-7-12-26-19-11-10-17(13-18(19)16(4)15-23(26,5)6)14-20-21(27)25(9-3)22(28-20)24-8-2/h10-11,13-15H,7-9,12H2,1-6H3/b20-14+,24-22?. The van der Waals surface area contributed by atoms with Crippen LogP contribution in [0.2, 0.25) is 0 Å². The molecule has 0 aliphatic carbocycles. The number of fused-ring (bicyclic) bond motifs is 1. The number of carbonyl (C=O) groups is 1. The number of rotatable bonds is 5. The van der Waals surface area contributed by atoms with E-state index in [1.54, 1.807) is 4.90 Å². The van der Waals surface area contributed by atoms with Crippen LogP contribution in [0.1, 0.15) is 59.1 Å². The Kier molecular flexibility index (Phi) is 6.04. The monoisotopic (exact) mass is 397 g/mol. The number of benzene rings is 1. The number of anilines is 1. The first-order chi connectivity index (χ1) is 13.3. The molecule has 5 heteroatoms. The van der Waals surface area contributed by atoms with Crippen LogP contribution in [0.25, 0.3) is 11.6 Å². The van der Waals surface area contributed by atoms with Gasteiger partial charge in [-0.1, -0.05) is 19.1 Å². The molecule has 2 aliphatic rings. The van der Waals surface area contributed by atoms with Crippen molar-refractivity contribution in [1.82, 2.24) is 4.90 Å². The molecule has 0 atom stereocenters. The van der Waals surface area contributed by atoms with Crippen molar-refractivity contribution in [3.8, 4) is 0 Å². The van der Waals surface area contributed by atoms with Crippen LogP contribution in [0, 0.1) is 0 Å². The first kappa shape index (κ1) is 20.7. The van der Waals surface area contributed by atoms with Crippen molar-refractivity contribution in [3.63, 3.8) is 0 Å². The molecular weight excluding hydrogens is 366 g/mol. The Labute approximate surface area is 173 Å². The fraction of sp³-hybridized carbons (Fsp3) is 0.478. The Balaban J connectivity index is 1.99. The van der Waals surface area contributed by atoms with E-state index >= 15 is 0 Å². The molecule has 2 heterocycles. The van der Waals surface area contributed by atoms with Gasteiger partial charge in [-0.05, 0) is 82.1 Å². The Morgan fingerprint density at radius 2 is 1.96 bits per heavy atom. The molecule has 1 saturated heterocycles. The normalized spacial score (nSPS) is 21.5. The second-order valence-corrected chi connectivity index (χ2v) is 8.84. The number of hydrogen-bond acceptors (Lipinski definition) is 4. The second-order valence-electron chi connectivity index (χ2n) is 7.83. The Bertz CT molecular complexity index is 867. The molecule has 0 bridgehead atoms. The number of amidine groups is 1. The van der Waals surface area contributed by atoms with Gasteiger partial charge in [-0.25, -0.2) is 0 Å². The molecule has 0 unspecified atom stereocenters. The van der Waals surface area contributed by atoms with Gasteiger partial charge in [0, 0.05) is 30.9 Å². The number of aliphatic imine (C=N–C) groups is 1. The number of carbonyl (C=O) groups excluding carboxylic acids is 1. The predicted molar refractivity (Wildman–Crippen MR) is 123 cm³/mol. The van der Waals surface area contributed by atoms with Crippen LogP contribution in [0.5, 0.6) is 0 Å². The SMILES string of the molecule is CCCN1c2ccc(/C=C3/SC(=NCC)N(CC)C3=O)cc2C(C)=CC1(C)C. The van der Waals surface area contributed by atoms with E-state index in [1.165, 1.54) is 28.6 Å². The molecule has 0 aromatic heterocycles. The predicted octanol–water partition coefficient (Wildman–Crippen LogP) is 5.41. The number of thioether (sulfide) groups is 1. The van der Waals surface area contributed by atoms with Crippen molar-refractivity contribution in [2.24, 2.45) is 4.99 Å². The first-order valence-electron chi connectivity index (χ1n) is 10.2. The summed E-state index contributed by atoms with van der Waals surface area (Å²) in [7, 11) is 0. The number of amides is 1. The molecule has 1 aromatic rings. The molecule has 1 aromatic carbocycles. The van der Waals surface area contributed by atoms with E-state index in [0.29, 0.717) is 13.1 Å². The summed E-state index contributed by atoms with van der Waals surface area (Å²) in [5, 5.41) is 0.811. The van der Waals surface area contributed by atoms with Crippen molar-refractivity contribution >= 4 is 40.2 Å². The van der Waals surface area contributed by atoms with E-state index in [2.05, 4.69) is 61.9 Å². The third kappa shape index (κ3) is 3.77. The average Bonchev–Trinajstić information content (AvgIpc) is 2.93. The van der Waals surface area contributed by atoms with Crippen LogP contribution < -0.4 is 4.90 Å². The maximum Gasteiger partial charge on any atom is 0.266 e. The summed E-state index contributed by atoms with van der Waals surface area (Å²) in [5.74, 6) is 0.0541. The number of nitrogens with zero attached hydrogens (tertiary/aromatic N) is 3. The lowest BCUT2D eigenvalue weighted by Crippen LogP contribution is -2.45. The topological polar surface area (TPSA) is 35.9 Å². The van der Waals surface area contributed by atoms with E-state index in [4.69, 9.17) is 0 Å². The lowest BCUT2D eigenvalue weighted by Gasteiger charge is -2.43. The van der Waals surface area contributed by atoms with Gasteiger partial charge in [0.25, 0.3) is 5.91 Å². The number of likely N-dealkylation sites (N-methyl/N-ethyl adjacent to an activating group) is 1. The zero-order valence-electron chi connectivity index (χ0n) is 17.9. The first-order valence-corrected chi connectivity index (χ1v) is 11.0. The molecular formula is C23H31N3OS. The average molecular weight is 398 g/mol. The van der Waals surface area contributed by atoms with Crippen LogP contribution in [-0.2, 0) is 4.79 Å². The van der Waals surface area contributed by atoms with Crippen molar-refractivity contribution in [2.75, 3.05) is 24.5 Å². The van der Waals surface area contributed by atoms with Gasteiger partial charge in [-0.3, -0.25) is 14.7 Å². The van der Waals surface area contributed by atoms with Crippen LogP contribution in [0.4, 0.5) is 5.69 Å². The van der Waals surface area contributed by atoms with Gasteiger partial charge in [-0.15, -0.1) is 0 Å². The Morgan fingerprint density at radius 1 is 1.21 bits per heavy atom. The lowest BCUT2D eigenvalue weighted by molar-refractivity contribution is -0.122. The maximum atomic E-state index is 12.7. The quantitative estimate of drug-likeness (QED) is 0.623. The van der Waals surface area contributed by atoms with Gasteiger partial charge in [0.2, 0.25) is 0 Å². The van der Waals surface area contributed by atoms with Crippen molar-refractivity contribution in [3.05, 3.63) is 40.3 Å². The maximum absolute atomic E-state index is 12.7. The summed E-state index contributed by atoms with van der Waals surface area (Å²) in [4.78, 5) is 22.2. The highest BCUT2D eigenvalue weighted by atomic mass is 32.2. The fourth-order valence-corrected chi connectivity index (χ4v) is 5.12. The molecule has 0 radical (unpaired) electrons. The summed E-state index contributed by atoms with van der Waals surface area (Å²) in [6, 6.07) is 6.55. The van der Waals surface area contributed by atoms with E-state index in [1.807, 2.05) is 19.9 Å². The van der Waals surface area contributed by atoms with Gasteiger partial charge in [0.15, 0.2) is 5.17 Å². The minimum atomic E-state index is 0.0114. The smallest absolute Gasteiger partial charge is 0.266 e. The molecule has 150 valence electrons. The van der Waals surface area contributed by atoms with Crippen molar-refractivity contribution in [1.29, 1.82) is 0 Å². The number of allylic oxidation sites excluding steroid dienone is 1. The lowest BCUT2D eigenvalue weighted by atomic mass is 9.88. The minimum absolute atomic E-state index is 0.0114. The molecule has 1 fully saturated rings. The van der Waals surface area contributed by atoms with E-state index in [9.17, 15) is 4.79 Å². The fourth-order valence-electron chi connectivity index (χ4n) is 4.01. The summed E-state index contributed by atoms with van der Waals surface area (Å²) in [6.07, 6.45) is 5.46. The molecule has 3 rings (SSSR count). The van der Waals surface area contributed by atoms with E-state index in [0.717, 1.165) is 28.6 Å². The van der Waals surface area contributed by atoms with Crippen LogP contribution in [-0.4, -0.2) is 41.1 Å². The summed E-state index contributed by atoms with van der Waals surface area (Å²) < 4.78 is 0. The minimum Gasteiger partial charge on any atom is -0.362 e. The molecule has 28 heavy (non-hydrogen) atoms.